The molecule has 1 aromatic rings. The average molecular weight is 450 g/mol. The minimum atomic E-state index is -0.597. The van der Waals surface area contributed by atoms with Crippen molar-refractivity contribution in [2.45, 2.75) is 64.6 Å². The van der Waals surface area contributed by atoms with Crippen LogP contribution in [-0.2, 0) is 14.4 Å². The molecule has 1 N–H and O–H groups in total. The third-order valence-corrected chi connectivity index (χ3v) is 6.18. The van der Waals surface area contributed by atoms with Crippen molar-refractivity contribution in [1.29, 1.82) is 0 Å². The van der Waals surface area contributed by atoms with E-state index < -0.39 is 6.10 Å². The van der Waals surface area contributed by atoms with Crippen LogP contribution in [0.3, 0.4) is 0 Å². The van der Waals surface area contributed by atoms with E-state index in [0.717, 1.165) is 0 Å². The number of ether oxygens (including phenoxy) is 1. The van der Waals surface area contributed by atoms with Gasteiger partial charge < -0.3 is 19.9 Å². The number of benzene rings is 1. The van der Waals surface area contributed by atoms with Crippen LogP contribution in [0.25, 0.3) is 0 Å². The number of amides is 3. The SMILES string of the molecule is CC(Oc1ccc(Cl)cc1)C(=O)N1CCC(NC(=O)C2CC(=O)N(C(C)(C)C)C2)CC1. The highest BCUT2D eigenvalue weighted by Gasteiger charge is 2.40. The Labute approximate surface area is 189 Å². The van der Waals surface area contributed by atoms with Gasteiger partial charge in [0.15, 0.2) is 6.10 Å². The zero-order valence-electron chi connectivity index (χ0n) is 18.7. The molecule has 2 saturated heterocycles. The first-order valence-electron chi connectivity index (χ1n) is 10.9. The van der Waals surface area contributed by atoms with Gasteiger partial charge in [-0.3, -0.25) is 14.4 Å². The molecule has 3 rings (SSSR count). The Morgan fingerprint density at radius 2 is 1.77 bits per heavy atom. The molecule has 2 atom stereocenters. The van der Waals surface area contributed by atoms with Gasteiger partial charge in [-0.25, -0.2) is 0 Å². The molecule has 2 unspecified atom stereocenters. The molecule has 31 heavy (non-hydrogen) atoms. The Balaban J connectivity index is 1.45. The molecule has 170 valence electrons. The molecule has 0 spiro atoms. The number of nitrogens with zero attached hydrogens (tertiary/aromatic N) is 2. The van der Waals surface area contributed by atoms with Gasteiger partial charge in [0.05, 0.1) is 5.92 Å². The highest BCUT2D eigenvalue weighted by Crippen LogP contribution is 2.26. The smallest absolute Gasteiger partial charge is 0.263 e. The van der Waals surface area contributed by atoms with Gasteiger partial charge in [-0.2, -0.15) is 0 Å². The molecule has 0 radical (unpaired) electrons. The lowest BCUT2D eigenvalue weighted by Gasteiger charge is -2.34. The summed E-state index contributed by atoms with van der Waals surface area (Å²) in [5.41, 5.74) is -0.275. The first kappa shape index (κ1) is 23.4. The molecule has 3 amide bonds. The van der Waals surface area contributed by atoms with Gasteiger partial charge in [0.25, 0.3) is 5.91 Å². The van der Waals surface area contributed by atoms with E-state index in [-0.39, 0.29) is 41.6 Å². The lowest BCUT2D eigenvalue weighted by Crippen LogP contribution is -2.50. The number of piperidine rings is 1. The van der Waals surface area contributed by atoms with Crippen molar-refractivity contribution in [2.75, 3.05) is 19.6 Å². The van der Waals surface area contributed by atoms with Gasteiger partial charge in [0, 0.05) is 42.7 Å². The summed E-state index contributed by atoms with van der Waals surface area (Å²) in [5.74, 6) is 0.191. The van der Waals surface area contributed by atoms with Crippen LogP contribution in [0, 0.1) is 5.92 Å². The number of nitrogens with one attached hydrogen (secondary N) is 1. The maximum atomic E-state index is 12.7. The van der Waals surface area contributed by atoms with E-state index in [2.05, 4.69) is 5.32 Å². The predicted molar refractivity (Wildman–Crippen MR) is 119 cm³/mol. The number of likely N-dealkylation sites (tertiary alicyclic amines) is 2. The highest BCUT2D eigenvalue weighted by atomic mass is 35.5. The molecule has 8 heteroatoms. The van der Waals surface area contributed by atoms with Gasteiger partial charge in [0.1, 0.15) is 5.75 Å². The molecule has 0 bridgehead atoms. The second-order valence-electron chi connectivity index (χ2n) is 9.40. The number of carbonyl (C=O) groups excluding carboxylic acids is 3. The van der Waals surface area contributed by atoms with Crippen LogP contribution in [-0.4, -0.2) is 64.8 Å². The molecule has 1 aromatic carbocycles. The maximum absolute atomic E-state index is 12.7. The minimum Gasteiger partial charge on any atom is -0.481 e. The second-order valence-corrected chi connectivity index (χ2v) is 9.83. The molecule has 0 aromatic heterocycles. The topological polar surface area (TPSA) is 79.0 Å². The summed E-state index contributed by atoms with van der Waals surface area (Å²) in [4.78, 5) is 41.2. The predicted octanol–water partition coefficient (Wildman–Crippen LogP) is 2.86. The van der Waals surface area contributed by atoms with Crippen molar-refractivity contribution in [3.05, 3.63) is 29.3 Å². The third kappa shape index (κ3) is 5.91. The Morgan fingerprint density at radius 1 is 1.16 bits per heavy atom. The number of carbonyl (C=O) groups is 3. The first-order valence-corrected chi connectivity index (χ1v) is 11.2. The Morgan fingerprint density at radius 3 is 2.32 bits per heavy atom. The fraction of sp³-hybridized carbons (Fsp3) is 0.609. The average Bonchev–Trinajstić information content (AvgIpc) is 3.12. The fourth-order valence-electron chi connectivity index (χ4n) is 4.12. The summed E-state index contributed by atoms with van der Waals surface area (Å²) < 4.78 is 5.73. The fourth-order valence-corrected chi connectivity index (χ4v) is 4.25. The Hall–Kier alpha value is -2.28. The maximum Gasteiger partial charge on any atom is 0.263 e. The molecular weight excluding hydrogens is 418 g/mol. The molecule has 2 aliphatic rings. The molecule has 2 aliphatic heterocycles. The van der Waals surface area contributed by atoms with E-state index in [0.29, 0.717) is 43.2 Å². The van der Waals surface area contributed by atoms with Crippen LogP contribution in [0.15, 0.2) is 24.3 Å². The highest BCUT2D eigenvalue weighted by molar-refractivity contribution is 6.30. The number of hydrogen-bond acceptors (Lipinski definition) is 4. The van der Waals surface area contributed by atoms with Gasteiger partial charge in [-0.05, 0) is 64.8 Å². The second kappa shape index (κ2) is 9.47. The van der Waals surface area contributed by atoms with Crippen LogP contribution in [0.2, 0.25) is 5.02 Å². The number of rotatable bonds is 5. The molecule has 0 aliphatic carbocycles. The molecule has 0 saturated carbocycles. The van der Waals surface area contributed by atoms with Crippen molar-refractivity contribution in [1.82, 2.24) is 15.1 Å². The van der Waals surface area contributed by atoms with E-state index in [9.17, 15) is 14.4 Å². The standard InChI is InChI=1S/C23H32ClN3O4/c1-15(31-19-7-5-17(24)6-8-19)22(30)26-11-9-18(10-12-26)25-21(29)16-13-20(28)27(14-16)23(2,3)4/h5-8,15-16,18H,9-14H2,1-4H3,(H,25,29). The van der Waals surface area contributed by atoms with E-state index in [4.69, 9.17) is 16.3 Å². The molecule has 7 nitrogen and oxygen atoms in total. The first-order chi connectivity index (χ1) is 14.5. The van der Waals surface area contributed by atoms with Crippen molar-refractivity contribution in [2.24, 2.45) is 5.92 Å². The molecule has 2 heterocycles. The Kier molecular flexibility index (Phi) is 7.14. The molecule has 2 fully saturated rings. The summed E-state index contributed by atoms with van der Waals surface area (Å²) in [6.07, 6.45) is 1.05. The van der Waals surface area contributed by atoms with Crippen LogP contribution in [0.4, 0.5) is 0 Å². The van der Waals surface area contributed by atoms with Gasteiger partial charge in [0.2, 0.25) is 11.8 Å². The van der Waals surface area contributed by atoms with Crippen molar-refractivity contribution < 1.29 is 19.1 Å². The minimum absolute atomic E-state index is 0.0165. The van der Waals surface area contributed by atoms with E-state index >= 15 is 0 Å². The summed E-state index contributed by atoms with van der Waals surface area (Å²) in [6, 6.07) is 6.94. The lowest BCUT2D eigenvalue weighted by atomic mass is 10.0. The van der Waals surface area contributed by atoms with Gasteiger partial charge in [-0.15, -0.1) is 0 Å². The van der Waals surface area contributed by atoms with Crippen LogP contribution < -0.4 is 10.1 Å². The third-order valence-electron chi connectivity index (χ3n) is 5.93. The van der Waals surface area contributed by atoms with Crippen molar-refractivity contribution >= 4 is 29.3 Å². The normalized spacial score (nSPS) is 21.2. The number of hydrogen-bond donors (Lipinski definition) is 1. The van der Waals surface area contributed by atoms with Crippen molar-refractivity contribution in [3.8, 4) is 5.75 Å². The zero-order chi connectivity index (χ0) is 22.8. The largest absolute Gasteiger partial charge is 0.481 e. The zero-order valence-corrected chi connectivity index (χ0v) is 19.4. The quantitative estimate of drug-likeness (QED) is 0.749. The summed E-state index contributed by atoms with van der Waals surface area (Å²) in [5, 5.41) is 3.70. The van der Waals surface area contributed by atoms with E-state index in [1.54, 1.807) is 41.0 Å². The van der Waals surface area contributed by atoms with Crippen LogP contribution in [0.1, 0.15) is 47.0 Å². The van der Waals surface area contributed by atoms with Crippen LogP contribution >= 0.6 is 11.6 Å². The van der Waals surface area contributed by atoms with E-state index in [1.165, 1.54) is 0 Å². The molecular formula is C23H32ClN3O4. The van der Waals surface area contributed by atoms with E-state index in [1.807, 2.05) is 20.8 Å². The Bertz CT molecular complexity index is 813. The van der Waals surface area contributed by atoms with Crippen LogP contribution in [0.5, 0.6) is 5.75 Å². The van der Waals surface area contributed by atoms with Gasteiger partial charge in [-0.1, -0.05) is 11.6 Å². The summed E-state index contributed by atoms with van der Waals surface area (Å²) in [6.45, 7) is 9.28. The van der Waals surface area contributed by atoms with Crippen molar-refractivity contribution in [3.63, 3.8) is 0 Å². The lowest BCUT2D eigenvalue weighted by molar-refractivity contribution is -0.139. The number of halogens is 1. The summed E-state index contributed by atoms with van der Waals surface area (Å²) >= 11 is 5.88. The van der Waals surface area contributed by atoms with Gasteiger partial charge >= 0.3 is 0 Å². The summed E-state index contributed by atoms with van der Waals surface area (Å²) in [7, 11) is 0. The monoisotopic (exact) mass is 449 g/mol.